The molecule has 0 spiro atoms. The maximum absolute atomic E-state index is 9.77. The summed E-state index contributed by atoms with van der Waals surface area (Å²) in [6.07, 6.45) is -0.790. The fourth-order valence-electron chi connectivity index (χ4n) is 1.58. The van der Waals surface area contributed by atoms with Gasteiger partial charge >= 0.3 is 0 Å². The molecule has 0 aliphatic heterocycles. The third-order valence-electron chi connectivity index (χ3n) is 2.64. The summed E-state index contributed by atoms with van der Waals surface area (Å²) in [5.74, 6) is 0.521. The summed E-state index contributed by atoms with van der Waals surface area (Å²) in [5, 5.41) is 10.2. The van der Waals surface area contributed by atoms with Gasteiger partial charge in [0, 0.05) is 13.7 Å². The van der Waals surface area contributed by atoms with Gasteiger partial charge in [0.15, 0.2) is 0 Å². The van der Waals surface area contributed by atoms with Crippen molar-refractivity contribution in [2.75, 3.05) is 26.9 Å². The van der Waals surface area contributed by atoms with Gasteiger partial charge in [-0.05, 0) is 24.6 Å². The molecule has 6 heteroatoms. The summed E-state index contributed by atoms with van der Waals surface area (Å²) >= 11 is 6.05. The first-order chi connectivity index (χ1) is 9.56. The molecule has 0 aliphatic rings. The van der Waals surface area contributed by atoms with Crippen LogP contribution in [0.4, 0.5) is 0 Å². The number of rotatable bonds is 9. The molecule has 0 radical (unpaired) electrons. The number of hydrogen-bond acceptors (Lipinski definition) is 5. The third kappa shape index (κ3) is 6.07. The van der Waals surface area contributed by atoms with Crippen LogP contribution in [0.2, 0.25) is 5.02 Å². The van der Waals surface area contributed by atoms with Gasteiger partial charge in [0.05, 0.1) is 24.3 Å². The standard InChI is InChI=1S/C14H22ClNO4/c1-10(7-18-2)19-8-12(17)9-20-14-4-3-11(6-16)5-13(14)15/h3-5,10,12,17H,6-9,16H2,1-2H3. The average Bonchev–Trinajstić information content (AvgIpc) is 2.44. The van der Waals surface area contributed by atoms with E-state index in [-0.39, 0.29) is 19.3 Å². The summed E-state index contributed by atoms with van der Waals surface area (Å²) in [6, 6.07) is 5.33. The first-order valence-corrected chi connectivity index (χ1v) is 6.84. The Morgan fingerprint density at radius 1 is 1.30 bits per heavy atom. The number of aliphatic hydroxyl groups is 1. The highest BCUT2D eigenvalue weighted by Gasteiger charge is 2.10. The zero-order valence-electron chi connectivity index (χ0n) is 11.8. The van der Waals surface area contributed by atoms with Crippen LogP contribution in [0.1, 0.15) is 12.5 Å². The van der Waals surface area contributed by atoms with Crippen LogP contribution in [0.25, 0.3) is 0 Å². The van der Waals surface area contributed by atoms with E-state index in [1.54, 1.807) is 19.2 Å². The molecule has 0 heterocycles. The van der Waals surface area contributed by atoms with Gasteiger partial charge in [-0.25, -0.2) is 0 Å². The molecule has 3 N–H and O–H groups in total. The SMILES string of the molecule is COCC(C)OCC(O)COc1ccc(CN)cc1Cl. The Morgan fingerprint density at radius 3 is 2.65 bits per heavy atom. The molecule has 2 unspecified atom stereocenters. The monoisotopic (exact) mass is 303 g/mol. The molecule has 1 aromatic carbocycles. The van der Waals surface area contributed by atoms with Gasteiger partial charge in [0.2, 0.25) is 0 Å². The minimum Gasteiger partial charge on any atom is -0.489 e. The zero-order valence-corrected chi connectivity index (χ0v) is 12.6. The predicted octanol–water partition coefficient (Wildman–Crippen LogP) is 1.59. The van der Waals surface area contributed by atoms with Gasteiger partial charge in [0.1, 0.15) is 18.5 Å². The second kappa shape index (κ2) is 9.15. The number of aliphatic hydroxyl groups excluding tert-OH is 1. The van der Waals surface area contributed by atoms with Crippen LogP contribution in [-0.2, 0) is 16.0 Å². The van der Waals surface area contributed by atoms with Gasteiger partial charge in [-0.15, -0.1) is 0 Å². The maximum atomic E-state index is 9.77. The molecule has 0 amide bonds. The van der Waals surface area contributed by atoms with Crippen molar-refractivity contribution in [3.05, 3.63) is 28.8 Å². The molecule has 0 fully saturated rings. The van der Waals surface area contributed by atoms with Crippen LogP contribution in [-0.4, -0.2) is 44.2 Å². The number of hydrogen-bond donors (Lipinski definition) is 2. The van der Waals surface area contributed by atoms with E-state index in [0.29, 0.717) is 23.9 Å². The summed E-state index contributed by atoms with van der Waals surface area (Å²) < 4.78 is 15.8. The Hall–Kier alpha value is -0.850. The van der Waals surface area contributed by atoms with Gasteiger partial charge in [-0.2, -0.15) is 0 Å². The van der Waals surface area contributed by atoms with Crippen LogP contribution in [0.3, 0.4) is 0 Å². The summed E-state index contributed by atoms with van der Waals surface area (Å²) in [6.45, 7) is 3.08. The topological polar surface area (TPSA) is 73.9 Å². The smallest absolute Gasteiger partial charge is 0.138 e. The molecular formula is C14H22ClNO4. The van der Waals surface area contributed by atoms with Crippen LogP contribution in [0.15, 0.2) is 18.2 Å². The van der Waals surface area contributed by atoms with Crippen molar-refractivity contribution < 1.29 is 19.3 Å². The van der Waals surface area contributed by atoms with E-state index in [1.165, 1.54) is 0 Å². The Kier molecular flexibility index (Phi) is 7.87. The third-order valence-corrected chi connectivity index (χ3v) is 2.93. The van der Waals surface area contributed by atoms with Crippen molar-refractivity contribution in [2.45, 2.75) is 25.7 Å². The Morgan fingerprint density at radius 2 is 2.05 bits per heavy atom. The lowest BCUT2D eigenvalue weighted by atomic mass is 10.2. The zero-order chi connectivity index (χ0) is 15.0. The molecule has 1 aromatic rings. The predicted molar refractivity (Wildman–Crippen MR) is 78.1 cm³/mol. The number of benzene rings is 1. The van der Waals surface area contributed by atoms with E-state index >= 15 is 0 Å². The molecule has 5 nitrogen and oxygen atoms in total. The Balaban J connectivity index is 2.35. The quantitative estimate of drug-likeness (QED) is 0.725. The number of halogens is 1. The average molecular weight is 304 g/mol. The minimum absolute atomic E-state index is 0.0675. The molecule has 1 rings (SSSR count). The lowest BCUT2D eigenvalue weighted by molar-refractivity contribution is -0.0422. The highest BCUT2D eigenvalue weighted by Crippen LogP contribution is 2.25. The van der Waals surface area contributed by atoms with Crippen LogP contribution < -0.4 is 10.5 Å². The lowest BCUT2D eigenvalue weighted by Gasteiger charge is -2.17. The van der Waals surface area contributed by atoms with E-state index in [2.05, 4.69) is 0 Å². The van der Waals surface area contributed by atoms with Crippen molar-refractivity contribution >= 4 is 11.6 Å². The van der Waals surface area contributed by atoms with Crippen molar-refractivity contribution in [3.63, 3.8) is 0 Å². The van der Waals surface area contributed by atoms with Gasteiger partial charge in [0.25, 0.3) is 0 Å². The Bertz CT molecular complexity index is 403. The molecule has 114 valence electrons. The van der Waals surface area contributed by atoms with Gasteiger partial charge < -0.3 is 25.1 Å². The molecule has 2 atom stereocenters. The van der Waals surface area contributed by atoms with Crippen LogP contribution >= 0.6 is 11.6 Å². The summed E-state index contributed by atoms with van der Waals surface area (Å²) in [5.41, 5.74) is 6.45. The number of methoxy groups -OCH3 is 1. The van der Waals surface area contributed by atoms with E-state index in [1.807, 2.05) is 13.0 Å². The molecule has 20 heavy (non-hydrogen) atoms. The van der Waals surface area contributed by atoms with Crippen LogP contribution in [0, 0.1) is 0 Å². The van der Waals surface area contributed by atoms with E-state index in [4.69, 9.17) is 31.5 Å². The molecule has 0 aromatic heterocycles. The lowest BCUT2D eigenvalue weighted by Crippen LogP contribution is -2.27. The van der Waals surface area contributed by atoms with Crippen molar-refractivity contribution in [1.29, 1.82) is 0 Å². The molecule has 0 aliphatic carbocycles. The van der Waals surface area contributed by atoms with Crippen molar-refractivity contribution in [3.8, 4) is 5.75 Å². The van der Waals surface area contributed by atoms with Gasteiger partial charge in [-0.1, -0.05) is 17.7 Å². The second-order valence-corrected chi connectivity index (χ2v) is 4.94. The van der Waals surface area contributed by atoms with Crippen molar-refractivity contribution in [1.82, 2.24) is 0 Å². The fraction of sp³-hybridized carbons (Fsp3) is 0.571. The largest absolute Gasteiger partial charge is 0.489 e. The second-order valence-electron chi connectivity index (χ2n) is 4.53. The first kappa shape index (κ1) is 17.2. The fourth-order valence-corrected chi connectivity index (χ4v) is 1.84. The van der Waals surface area contributed by atoms with Gasteiger partial charge in [-0.3, -0.25) is 0 Å². The molecule has 0 saturated heterocycles. The van der Waals surface area contributed by atoms with E-state index < -0.39 is 6.10 Å². The maximum Gasteiger partial charge on any atom is 0.138 e. The van der Waals surface area contributed by atoms with Crippen LogP contribution in [0.5, 0.6) is 5.75 Å². The minimum atomic E-state index is -0.723. The summed E-state index contributed by atoms with van der Waals surface area (Å²) in [4.78, 5) is 0. The molecule has 0 bridgehead atoms. The van der Waals surface area contributed by atoms with E-state index in [9.17, 15) is 5.11 Å². The summed E-state index contributed by atoms with van der Waals surface area (Å²) in [7, 11) is 1.60. The van der Waals surface area contributed by atoms with Crippen molar-refractivity contribution in [2.24, 2.45) is 5.73 Å². The number of ether oxygens (including phenoxy) is 3. The first-order valence-electron chi connectivity index (χ1n) is 6.46. The number of nitrogens with two attached hydrogens (primary N) is 1. The normalized spacial score (nSPS) is 14.1. The molecular weight excluding hydrogens is 282 g/mol. The highest BCUT2D eigenvalue weighted by molar-refractivity contribution is 6.32. The van der Waals surface area contributed by atoms with E-state index in [0.717, 1.165) is 5.56 Å². The highest BCUT2D eigenvalue weighted by atomic mass is 35.5. The molecule has 0 saturated carbocycles. The Labute approximate surface area is 124 Å².